The van der Waals surface area contributed by atoms with E-state index in [4.69, 9.17) is 23.2 Å². The molecule has 0 aliphatic carbocycles. The Balaban J connectivity index is 2.54. The SMILES string of the molecule is CCC(CNCC(C)C)Cc1cc(Cl)ccc1Cl. The van der Waals surface area contributed by atoms with Crippen molar-refractivity contribution in [2.75, 3.05) is 13.1 Å². The van der Waals surface area contributed by atoms with E-state index in [-0.39, 0.29) is 0 Å². The summed E-state index contributed by atoms with van der Waals surface area (Å²) in [6.45, 7) is 8.78. The lowest BCUT2D eigenvalue weighted by Gasteiger charge is -2.17. The Hall–Kier alpha value is -0.240. The van der Waals surface area contributed by atoms with Crippen molar-refractivity contribution in [1.29, 1.82) is 0 Å². The second kappa shape index (κ2) is 8.04. The number of benzene rings is 1. The highest BCUT2D eigenvalue weighted by molar-refractivity contribution is 6.33. The second-order valence-electron chi connectivity index (χ2n) is 5.27. The van der Waals surface area contributed by atoms with Crippen molar-refractivity contribution in [2.24, 2.45) is 11.8 Å². The Morgan fingerprint density at radius 3 is 2.50 bits per heavy atom. The normalized spacial score (nSPS) is 13.0. The molecule has 1 aromatic rings. The van der Waals surface area contributed by atoms with E-state index < -0.39 is 0 Å². The molecule has 1 rings (SSSR count). The lowest BCUT2D eigenvalue weighted by atomic mass is 9.96. The fourth-order valence-corrected chi connectivity index (χ4v) is 2.34. The molecule has 1 unspecified atom stereocenters. The smallest absolute Gasteiger partial charge is 0.0439 e. The molecule has 0 aliphatic heterocycles. The minimum absolute atomic E-state index is 0.611. The first-order valence-corrected chi connectivity index (χ1v) is 7.43. The predicted molar refractivity (Wildman–Crippen MR) is 81.7 cm³/mol. The molecule has 0 radical (unpaired) electrons. The van der Waals surface area contributed by atoms with Crippen LogP contribution in [0.15, 0.2) is 18.2 Å². The van der Waals surface area contributed by atoms with Crippen LogP contribution in [0.2, 0.25) is 10.0 Å². The van der Waals surface area contributed by atoms with Crippen LogP contribution in [0.3, 0.4) is 0 Å². The quantitative estimate of drug-likeness (QED) is 0.759. The second-order valence-corrected chi connectivity index (χ2v) is 6.11. The number of hydrogen-bond donors (Lipinski definition) is 1. The van der Waals surface area contributed by atoms with Crippen molar-refractivity contribution in [1.82, 2.24) is 5.32 Å². The predicted octanol–water partition coefficient (Wildman–Crippen LogP) is 4.81. The summed E-state index contributed by atoms with van der Waals surface area (Å²) in [4.78, 5) is 0. The molecule has 0 spiro atoms. The summed E-state index contributed by atoms with van der Waals surface area (Å²) in [6.07, 6.45) is 2.13. The Labute approximate surface area is 121 Å². The Bertz CT molecular complexity index is 364. The summed E-state index contributed by atoms with van der Waals surface area (Å²) in [5, 5.41) is 5.10. The average molecular weight is 288 g/mol. The standard InChI is InChI=1S/C15H23Cl2N/c1-4-12(10-18-9-11(2)3)7-13-8-14(16)5-6-15(13)17/h5-6,8,11-12,18H,4,7,9-10H2,1-3H3. The highest BCUT2D eigenvalue weighted by Crippen LogP contribution is 2.24. The van der Waals surface area contributed by atoms with E-state index in [1.807, 2.05) is 18.2 Å². The molecule has 3 heteroatoms. The minimum atomic E-state index is 0.611. The third-order valence-corrected chi connectivity index (χ3v) is 3.68. The van der Waals surface area contributed by atoms with Gasteiger partial charge in [0.15, 0.2) is 0 Å². The van der Waals surface area contributed by atoms with E-state index in [0.29, 0.717) is 11.8 Å². The molecular weight excluding hydrogens is 265 g/mol. The monoisotopic (exact) mass is 287 g/mol. The van der Waals surface area contributed by atoms with Gasteiger partial charge in [-0.2, -0.15) is 0 Å². The largest absolute Gasteiger partial charge is 0.316 e. The summed E-state index contributed by atoms with van der Waals surface area (Å²) < 4.78 is 0. The maximum Gasteiger partial charge on any atom is 0.0439 e. The van der Waals surface area contributed by atoms with E-state index in [0.717, 1.165) is 41.5 Å². The first-order valence-electron chi connectivity index (χ1n) is 6.67. The van der Waals surface area contributed by atoms with Gasteiger partial charge in [-0.3, -0.25) is 0 Å². The number of halogens is 2. The number of rotatable bonds is 7. The van der Waals surface area contributed by atoms with Crippen molar-refractivity contribution >= 4 is 23.2 Å². The van der Waals surface area contributed by atoms with Crippen LogP contribution in [-0.2, 0) is 6.42 Å². The number of nitrogens with one attached hydrogen (secondary N) is 1. The third-order valence-electron chi connectivity index (χ3n) is 3.08. The van der Waals surface area contributed by atoms with Gasteiger partial charge in [-0.25, -0.2) is 0 Å². The van der Waals surface area contributed by atoms with Crippen molar-refractivity contribution in [3.8, 4) is 0 Å². The van der Waals surface area contributed by atoms with E-state index in [1.54, 1.807) is 0 Å². The van der Waals surface area contributed by atoms with E-state index in [9.17, 15) is 0 Å². The highest BCUT2D eigenvalue weighted by Gasteiger charge is 2.10. The maximum atomic E-state index is 6.20. The van der Waals surface area contributed by atoms with Crippen LogP contribution in [0, 0.1) is 11.8 Å². The molecule has 0 bridgehead atoms. The molecule has 0 amide bonds. The van der Waals surface area contributed by atoms with Gasteiger partial charge in [0.2, 0.25) is 0 Å². The molecule has 0 fully saturated rings. The fraction of sp³-hybridized carbons (Fsp3) is 0.600. The number of hydrogen-bond acceptors (Lipinski definition) is 1. The van der Waals surface area contributed by atoms with Crippen LogP contribution < -0.4 is 5.32 Å². The van der Waals surface area contributed by atoms with Crippen LogP contribution in [0.25, 0.3) is 0 Å². The van der Waals surface area contributed by atoms with Crippen LogP contribution in [-0.4, -0.2) is 13.1 Å². The van der Waals surface area contributed by atoms with Gasteiger partial charge in [0, 0.05) is 10.0 Å². The fourth-order valence-electron chi connectivity index (χ4n) is 1.95. The molecule has 1 nitrogen and oxygen atoms in total. The molecule has 0 heterocycles. The summed E-state index contributed by atoms with van der Waals surface area (Å²) in [7, 11) is 0. The molecular formula is C15H23Cl2N. The van der Waals surface area contributed by atoms with E-state index >= 15 is 0 Å². The molecule has 0 saturated heterocycles. The van der Waals surface area contributed by atoms with E-state index in [2.05, 4.69) is 26.1 Å². The van der Waals surface area contributed by atoms with Gasteiger partial charge in [-0.15, -0.1) is 0 Å². The molecule has 1 atom stereocenters. The molecule has 1 aromatic carbocycles. The van der Waals surface area contributed by atoms with Gasteiger partial charge < -0.3 is 5.32 Å². The van der Waals surface area contributed by atoms with Gasteiger partial charge in [-0.1, -0.05) is 50.4 Å². The summed E-state index contributed by atoms with van der Waals surface area (Å²) in [6, 6.07) is 5.70. The van der Waals surface area contributed by atoms with Gasteiger partial charge in [0.05, 0.1) is 0 Å². The molecule has 102 valence electrons. The first-order chi connectivity index (χ1) is 8.52. The maximum absolute atomic E-state index is 6.20. The molecule has 0 aliphatic rings. The van der Waals surface area contributed by atoms with E-state index in [1.165, 1.54) is 0 Å². The summed E-state index contributed by atoms with van der Waals surface area (Å²) in [5.74, 6) is 1.30. The van der Waals surface area contributed by atoms with Crippen molar-refractivity contribution in [3.05, 3.63) is 33.8 Å². The zero-order valence-electron chi connectivity index (χ0n) is 11.5. The Morgan fingerprint density at radius 2 is 1.89 bits per heavy atom. The average Bonchev–Trinajstić information content (AvgIpc) is 2.32. The zero-order chi connectivity index (χ0) is 13.5. The van der Waals surface area contributed by atoms with Gasteiger partial charge in [0.1, 0.15) is 0 Å². The topological polar surface area (TPSA) is 12.0 Å². The lowest BCUT2D eigenvalue weighted by Crippen LogP contribution is -2.27. The first kappa shape index (κ1) is 15.8. The molecule has 1 N–H and O–H groups in total. The molecule has 0 aromatic heterocycles. The van der Waals surface area contributed by atoms with Crippen molar-refractivity contribution < 1.29 is 0 Å². The Morgan fingerprint density at radius 1 is 1.17 bits per heavy atom. The van der Waals surface area contributed by atoms with Gasteiger partial charge in [0.25, 0.3) is 0 Å². The van der Waals surface area contributed by atoms with Gasteiger partial charge >= 0.3 is 0 Å². The molecule has 18 heavy (non-hydrogen) atoms. The highest BCUT2D eigenvalue weighted by atomic mass is 35.5. The van der Waals surface area contributed by atoms with Gasteiger partial charge in [-0.05, 0) is 55.1 Å². The summed E-state index contributed by atoms with van der Waals surface area (Å²) >= 11 is 12.2. The van der Waals surface area contributed by atoms with Crippen molar-refractivity contribution in [3.63, 3.8) is 0 Å². The van der Waals surface area contributed by atoms with Crippen LogP contribution >= 0.6 is 23.2 Å². The minimum Gasteiger partial charge on any atom is -0.316 e. The summed E-state index contributed by atoms with van der Waals surface area (Å²) in [5.41, 5.74) is 1.15. The third kappa shape index (κ3) is 5.60. The molecule has 0 saturated carbocycles. The van der Waals surface area contributed by atoms with Crippen molar-refractivity contribution in [2.45, 2.75) is 33.6 Å². The van der Waals surface area contributed by atoms with Crippen LogP contribution in [0.4, 0.5) is 0 Å². The zero-order valence-corrected chi connectivity index (χ0v) is 13.0. The lowest BCUT2D eigenvalue weighted by molar-refractivity contribution is 0.437. The van der Waals surface area contributed by atoms with Crippen LogP contribution in [0.5, 0.6) is 0 Å². The van der Waals surface area contributed by atoms with Crippen LogP contribution in [0.1, 0.15) is 32.8 Å². The Kier molecular flexibility index (Phi) is 7.06.